The van der Waals surface area contributed by atoms with Crippen LogP contribution < -0.4 is 10.1 Å². The summed E-state index contributed by atoms with van der Waals surface area (Å²) in [5.74, 6) is -0.893. The average Bonchev–Trinajstić information content (AvgIpc) is 2.67. The number of phenols is 2. The van der Waals surface area contributed by atoms with E-state index < -0.39 is 17.6 Å². The summed E-state index contributed by atoms with van der Waals surface area (Å²) in [4.78, 5) is 12.5. The normalized spacial score (nSPS) is 11.2. The number of ether oxygens (including phenoxy) is 1. The molecule has 0 spiro atoms. The molecule has 0 aliphatic rings. The number of methoxy groups -OCH3 is 1. The standard InChI is InChI=1S/C21H16F3NO4/c1-29-16-10-17(26)19(18(27)11-16)12-4-2-5-13(8-12)20(28)25-15-7-3-6-14(9-15)21(22,23)24/h2-11,26-27H,1H3,(H,25,28). The molecular formula is C21H16F3NO4. The summed E-state index contributed by atoms with van der Waals surface area (Å²) in [6.45, 7) is 0. The molecular weight excluding hydrogens is 387 g/mol. The zero-order valence-corrected chi connectivity index (χ0v) is 15.1. The molecule has 0 saturated carbocycles. The Morgan fingerprint density at radius 2 is 1.62 bits per heavy atom. The molecule has 0 radical (unpaired) electrons. The van der Waals surface area contributed by atoms with Crippen LogP contribution in [0.1, 0.15) is 15.9 Å². The molecule has 3 N–H and O–H groups in total. The fraction of sp³-hybridized carbons (Fsp3) is 0.0952. The summed E-state index contributed by atoms with van der Waals surface area (Å²) < 4.78 is 43.5. The summed E-state index contributed by atoms with van der Waals surface area (Å²) >= 11 is 0. The van der Waals surface area contributed by atoms with Crippen LogP contribution in [0.25, 0.3) is 11.1 Å². The first-order chi connectivity index (χ1) is 13.7. The van der Waals surface area contributed by atoms with Gasteiger partial charge in [0.2, 0.25) is 0 Å². The summed E-state index contributed by atoms with van der Waals surface area (Å²) in [6.07, 6.45) is -4.52. The molecule has 29 heavy (non-hydrogen) atoms. The largest absolute Gasteiger partial charge is 0.507 e. The maximum atomic E-state index is 12.8. The number of nitrogens with one attached hydrogen (secondary N) is 1. The first-order valence-electron chi connectivity index (χ1n) is 8.38. The van der Waals surface area contributed by atoms with Crippen LogP contribution in [0, 0.1) is 0 Å². The van der Waals surface area contributed by atoms with E-state index in [9.17, 15) is 28.2 Å². The SMILES string of the molecule is COc1cc(O)c(-c2cccc(C(=O)Nc3cccc(C(F)(F)F)c3)c2)c(O)c1. The van der Waals surface area contributed by atoms with Crippen molar-refractivity contribution < 1.29 is 32.9 Å². The Labute approximate surface area is 164 Å². The molecule has 3 rings (SSSR count). The molecule has 0 bridgehead atoms. The van der Waals surface area contributed by atoms with Gasteiger partial charge in [-0.05, 0) is 35.9 Å². The van der Waals surface area contributed by atoms with Gasteiger partial charge < -0.3 is 20.3 Å². The number of rotatable bonds is 4. The topological polar surface area (TPSA) is 78.8 Å². The van der Waals surface area contributed by atoms with Crippen LogP contribution in [-0.2, 0) is 6.18 Å². The molecule has 0 unspecified atom stereocenters. The van der Waals surface area contributed by atoms with Crippen molar-refractivity contribution in [3.8, 4) is 28.4 Å². The van der Waals surface area contributed by atoms with E-state index in [4.69, 9.17) is 4.74 Å². The number of carbonyl (C=O) groups is 1. The maximum absolute atomic E-state index is 12.8. The third-order valence-corrected chi connectivity index (χ3v) is 4.17. The molecule has 0 fully saturated rings. The number of phenolic OH excluding ortho intramolecular Hbond substituents is 2. The quantitative estimate of drug-likeness (QED) is 0.570. The second-order valence-electron chi connectivity index (χ2n) is 6.15. The first kappa shape index (κ1) is 20.1. The second-order valence-corrected chi connectivity index (χ2v) is 6.15. The summed E-state index contributed by atoms with van der Waals surface area (Å²) in [6, 6.07) is 12.9. The van der Waals surface area contributed by atoms with E-state index in [1.54, 1.807) is 6.07 Å². The van der Waals surface area contributed by atoms with Crippen molar-refractivity contribution in [1.82, 2.24) is 0 Å². The number of hydrogen-bond acceptors (Lipinski definition) is 4. The number of anilines is 1. The van der Waals surface area contributed by atoms with Gasteiger partial charge in [-0.3, -0.25) is 4.79 Å². The van der Waals surface area contributed by atoms with Crippen LogP contribution in [0.3, 0.4) is 0 Å². The minimum absolute atomic E-state index is 0.00892. The van der Waals surface area contributed by atoms with Crippen LogP contribution in [0.5, 0.6) is 17.2 Å². The van der Waals surface area contributed by atoms with Crippen molar-refractivity contribution in [3.63, 3.8) is 0 Å². The van der Waals surface area contributed by atoms with Crippen LogP contribution in [0.15, 0.2) is 60.7 Å². The van der Waals surface area contributed by atoms with Gasteiger partial charge in [0.25, 0.3) is 5.91 Å². The Morgan fingerprint density at radius 1 is 0.966 bits per heavy atom. The van der Waals surface area contributed by atoms with Crippen molar-refractivity contribution in [2.75, 3.05) is 12.4 Å². The van der Waals surface area contributed by atoms with Crippen LogP contribution in [0.2, 0.25) is 0 Å². The lowest BCUT2D eigenvalue weighted by Crippen LogP contribution is -2.13. The van der Waals surface area contributed by atoms with Gasteiger partial charge in [0, 0.05) is 23.4 Å². The minimum Gasteiger partial charge on any atom is -0.507 e. The number of carbonyl (C=O) groups excluding carboxylic acids is 1. The minimum atomic E-state index is -4.52. The molecule has 0 atom stereocenters. The third-order valence-electron chi connectivity index (χ3n) is 4.17. The van der Waals surface area contributed by atoms with Crippen molar-refractivity contribution in [2.45, 2.75) is 6.18 Å². The molecule has 0 aliphatic heterocycles. The lowest BCUT2D eigenvalue weighted by Gasteiger charge is -2.12. The summed E-state index contributed by atoms with van der Waals surface area (Å²) in [7, 11) is 1.38. The highest BCUT2D eigenvalue weighted by atomic mass is 19.4. The number of aromatic hydroxyl groups is 2. The van der Waals surface area contributed by atoms with Gasteiger partial charge >= 0.3 is 6.18 Å². The Bertz CT molecular complexity index is 1040. The number of benzene rings is 3. The van der Waals surface area contributed by atoms with E-state index in [0.717, 1.165) is 12.1 Å². The van der Waals surface area contributed by atoms with E-state index in [1.165, 1.54) is 49.6 Å². The molecule has 150 valence electrons. The third kappa shape index (κ3) is 4.43. The number of hydrogen-bond donors (Lipinski definition) is 3. The predicted molar refractivity (Wildman–Crippen MR) is 101 cm³/mol. The Morgan fingerprint density at radius 3 is 2.24 bits per heavy atom. The average molecular weight is 403 g/mol. The van der Waals surface area contributed by atoms with E-state index in [2.05, 4.69) is 5.32 Å². The molecule has 5 nitrogen and oxygen atoms in total. The van der Waals surface area contributed by atoms with Gasteiger partial charge in [-0.25, -0.2) is 0 Å². The Kier molecular flexibility index (Phi) is 5.36. The molecule has 3 aromatic rings. The lowest BCUT2D eigenvalue weighted by molar-refractivity contribution is -0.137. The molecule has 0 aliphatic carbocycles. The molecule has 3 aromatic carbocycles. The molecule has 8 heteroatoms. The fourth-order valence-electron chi connectivity index (χ4n) is 2.79. The van der Waals surface area contributed by atoms with Crippen LogP contribution >= 0.6 is 0 Å². The highest BCUT2D eigenvalue weighted by Crippen LogP contribution is 2.40. The molecule has 1 amide bonds. The smallest absolute Gasteiger partial charge is 0.416 e. The number of amides is 1. The highest BCUT2D eigenvalue weighted by Gasteiger charge is 2.30. The number of halogens is 3. The van der Waals surface area contributed by atoms with Crippen molar-refractivity contribution in [2.24, 2.45) is 0 Å². The van der Waals surface area contributed by atoms with E-state index in [0.29, 0.717) is 5.56 Å². The van der Waals surface area contributed by atoms with E-state index in [1.807, 2.05) is 0 Å². The van der Waals surface area contributed by atoms with Gasteiger partial charge in [0.1, 0.15) is 17.2 Å². The van der Waals surface area contributed by atoms with Gasteiger partial charge in [0.15, 0.2) is 0 Å². The van der Waals surface area contributed by atoms with Gasteiger partial charge in [-0.1, -0.05) is 18.2 Å². The van der Waals surface area contributed by atoms with Crippen molar-refractivity contribution in [3.05, 3.63) is 71.8 Å². The van der Waals surface area contributed by atoms with Gasteiger partial charge in [0.05, 0.1) is 18.2 Å². The predicted octanol–water partition coefficient (Wildman–Crippen LogP) is 5.04. The molecule has 0 aromatic heterocycles. The van der Waals surface area contributed by atoms with Crippen molar-refractivity contribution >= 4 is 11.6 Å². The maximum Gasteiger partial charge on any atom is 0.416 e. The summed E-state index contributed by atoms with van der Waals surface area (Å²) in [5.41, 5.74) is -0.309. The number of alkyl halides is 3. The van der Waals surface area contributed by atoms with Crippen LogP contribution in [0.4, 0.5) is 18.9 Å². The first-order valence-corrected chi connectivity index (χ1v) is 8.38. The second kappa shape index (κ2) is 7.75. The zero-order chi connectivity index (χ0) is 21.2. The highest BCUT2D eigenvalue weighted by molar-refractivity contribution is 6.05. The molecule has 0 saturated heterocycles. The fourth-order valence-corrected chi connectivity index (χ4v) is 2.79. The molecule has 0 heterocycles. The summed E-state index contributed by atoms with van der Waals surface area (Å²) in [5, 5.41) is 22.8. The lowest BCUT2D eigenvalue weighted by atomic mass is 10.0. The Balaban J connectivity index is 1.90. The van der Waals surface area contributed by atoms with E-state index in [-0.39, 0.29) is 34.1 Å². The van der Waals surface area contributed by atoms with E-state index >= 15 is 0 Å². The van der Waals surface area contributed by atoms with Gasteiger partial charge in [-0.2, -0.15) is 13.2 Å². The van der Waals surface area contributed by atoms with Gasteiger partial charge in [-0.15, -0.1) is 0 Å². The Hall–Kier alpha value is -3.68. The monoisotopic (exact) mass is 403 g/mol. The van der Waals surface area contributed by atoms with Crippen molar-refractivity contribution in [1.29, 1.82) is 0 Å². The zero-order valence-electron chi connectivity index (χ0n) is 15.1. The van der Waals surface area contributed by atoms with Crippen LogP contribution in [-0.4, -0.2) is 23.2 Å².